The van der Waals surface area contributed by atoms with Crippen LogP contribution >= 0.6 is 0 Å². The molecule has 1 aliphatic carbocycles. The number of hydrogen-bond donors (Lipinski definition) is 1. The predicted molar refractivity (Wildman–Crippen MR) is 75.3 cm³/mol. The van der Waals surface area contributed by atoms with Crippen molar-refractivity contribution in [1.29, 1.82) is 0 Å². The maximum atomic E-state index is 6.70. The van der Waals surface area contributed by atoms with Gasteiger partial charge >= 0.3 is 0 Å². The van der Waals surface area contributed by atoms with Gasteiger partial charge in [0.1, 0.15) is 5.82 Å². The topological polar surface area (TPSA) is 43.8 Å². The fourth-order valence-corrected chi connectivity index (χ4v) is 3.27. The van der Waals surface area contributed by atoms with Crippen LogP contribution in [0, 0.1) is 11.8 Å². The fourth-order valence-electron chi connectivity index (χ4n) is 3.27. The zero-order valence-corrected chi connectivity index (χ0v) is 12.0. The highest BCUT2D eigenvalue weighted by Gasteiger charge is 2.38. The van der Waals surface area contributed by atoms with Gasteiger partial charge in [-0.2, -0.15) is 0 Å². The molecule has 0 spiro atoms. The molecule has 1 heterocycles. The zero-order chi connectivity index (χ0) is 13.2. The van der Waals surface area contributed by atoms with E-state index in [9.17, 15) is 0 Å². The Morgan fingerprint density at radius 3 is 2.94 bits per heavy atom. The van der Waals surface area contributed by atoms with E-state index in [0.29, 0.717) is 5.92 Å². The third-order valence-electron chi connectivity index (χ3n) is 4.56. The lowest BCUT2D eigenvalue weighted by Gasteiger charge is -2.42. The van der Waals surface area contributed by atoms with E-state index in [1.807, 2.05) is 6.20 Å². The first-order valence-corrected chi connectivity index (χ1v) is 7.34. The van der Waals surface area contributed by atoms with Crippen molar-refractivity contribution < 1.29 is 0 Å². The SMILES string of the molecule is CCCn1ccnc1CC1(N)CC(C)CCC1C. The highest BCUT2D eigenvalue weighted by atomic mass is 15.1. The van der Waals surface area contributed by atoms with Crippen LogP contribution in [0.5, 0.6) is 0 Å². The van der Waals surface area contributed by atoms with Crippen molar-refractivity contribution in [2.75, 3.05) is 0 Å². The Bertz CT molecular complexity index is 385. The van der Waals surface area contributed by atoms with Crippen molar-refractivity contribution >= 4 is 0 Å². The average Bonchev–Trinajstić information content (AvgIpc) is 2.72. The van der Waals surface area contributed by atoms with Crippen LogP contribution in [0.25, 0.3) is 0 Å². The Hall–Kier alpha value is -0.830. The minimum atomic E-state index is -0.0610. The smallest absolute Gasteiger partial charge is 0.110 e. The van der Waals surface area contributed by atoms with E-state index in [1.54, 1.807) is 0 Å². The van der Waals surface area contributed by atoms with Crippen LogP contribution in [-0.2, 0) is 13.0 Å². The Balaban J connectivity index is 2.13. The minimum absolute atomic E-state index is 0.0610. The number of nitrogens with two attached hydrogens (primary N) is 1. The summed E-state index contributed by atoms with van der Waals surface area (Å²) >= 11 is 0. The van der Waals surface area contributed by atoms with Crippen LogP contribution in [0.1, 0.15) is 52.3 Å². The van der Waals surface area contributed by atoms with Gasteiger partial charge in [-0.3, -0.25) is 0 Å². The Labute approximate surface area is 111 Å². The van der Waals surface area contributed by atoms with Gasteiger partial charge in [0.05, 0.1) is 0 Å². The summed E-state index contributed by atoms with van der Waals surface area (Å²) in [5.74, 6) is 2.52. The monoisotopic (exact) mass is 249 g/mol. The second-order valence-corrected chi connectivity index (χ2v) is 6.23. The molecule has 0 bridgehead atoms. The molecule has 18 heavy (non-hydrogen) atoms. The Kier molecular flexibility index (Phi) is 4.10. The van der Waals surface area contributed by atoms with Gasteiger partial charge in [0.25, 0.3) is 0 Å². The quantitative estimate of drug-likeness (QED) is 0.891. The summed E-state index contributed by atoms with van der Waals surface area (Å²) in [4.78, 5) is 4.52. The van der Waals surface area contributed by atoms with Crippen molar-refractivity contribution in [3.05, 3.63) is 18.2 Å². The summed E-state index contributed by atoms with van der Waals surface area (Å²) in [5, 5.41) is 0. The lowest BCUT2D eigenvalue weighted by atomic mass is 9.68. The first-order valence-electron chi connectivity index (χ1n) is 7.34. The molecular weight excluding hydrogens is 222 g/mol. The molecule has 1 aliphatic rings. The second-order valence-electron chi connectivity index (χ2n) is 6.23. The molecule has 2 rings (SSSR count). The van der Waals surface area contributed by atoms with Gasteiger partial charge in [-0.1, -0.05) is 27.2 Å². The van der Waals surface area contributed by atoms with Gasteiger partial charge in [-0.05, 0) is 31.1 Å². The first kappa shape index (κ1) is 13.6. The average molecular weight is 249 g/mol. The molecule has 3 nitrogen and oxygen atoms in total. The Morgan fingerprint density at radius 1 is 1.44 bits per heavy atom. The number of nitrogens with zero attached hydrogens (tertiary/aromatic N) is 2. The molecule has 0 amide bonds. The summed E-state index contributed by atoms with van der Waals surface area (Å²) in [6, 6.07) is 0. The van der Waals surface area contributed by atoms with Gasteiger partial charge in [-0.15, -0.1) is 0 Å². The van der Waals surface area contributed by atoms with E-state index < -0.39 is 0 Å². The van der Waals surface area contributed by atoms with Crippen LogP contribution in [-0.4, -0.2) is 15.1 Å². The molecule has 2 N–H and O–H groups in total. The lowest BCUT2D eigenvalue weighted by Crippen LogP contribution is -2.52. The molecule has 3 heteroatoms. The van der Waals surface area contributed by atoms with Crippen molar-refractivity contribution in [3.8, 4) is 0 Å². The largest absolute Gasteiger partial charge is 0.335 e. The zero-order valence-electron chi connectivity index (χ0n) is 12.0. The van der Waals surface area contributed by atoms with Crippen molar-refractivity contribution in [1.82, 2.24) is 9.55 Å². The number of hydrogen-bond acceptors (Lipinski definition) is 2. The van der Waals surface area contributed by atoms with Crippen LogP contribution in [0.15, 0.2) is 12.4 Å². The molecule has 102 valence electrons. The molecule has 3 atom stereocenters. The first-order chi connectivity index (χ1) is 8.55. The lowest BCUT2D eigenvalue weighted by molar-refractivity contribution is 0.157. The van der Waals surface area contributed by atoms with Crippen LogP contribution in [0.3, 0.4) is 0 Å². The number of imidazole rings is 1. The van der Waals surface area contributed by atoms with Crippen LogP contribution < -0.4 is 5.73 Å². The van der Waals surface area contributed by atoms with Crippen molar-refractivity contribution in [2.24, 2.45) is 17.6 Å². The normalized spacial score (nSPS) is 32.7. The van der Waals surface area contributed by atoms with E-state index in [2.05, 4.69) is 36.5 Å². The molecule has 1 fully saturated rings. The Morgan fingerprint density at radius 2 is 2.22 bits per heavy atom. The number of aryl methyl sites for hydroxylation is 1. The summed E-state index contributed by atoms with van der Waals surface area (Å²) in [6.07, 6.45) is 9.77. The van der Waals surface area contributed by atoms with Crippen LogP contribution in [0.4, 0.5) is 0 Å². The third-order valence-corrected chi connectivity index (χ3v) is 4.56. The fraction of sp³-hybridized carbons (Fsp3) is 0.800. The van der Waals surface area contributed by atoms with E-state index >= 15 is 0 Å². The summed E-state index contributed by atoms with van der Waals surface area (Å²) < 4.78 is 2.26. The number of aromatic nitrogens is 2. The predicted octanol–water partition coefficient (Wildman–Crippen LogP) is 2.99. The molecule has 3 unspecified atom stereocenters. The van der Waals surface area contributed by atoms with Crippen molar-refractivity contribution in [2.45, 2.75) is 65.0 Å². The molecule has 1 aromatic rings. The van der Waals surface area contributed by atoms with Crippen molar-refractivity contribution in [3.63, 3.8) is 0 Å². The molecule has 0 aromatic carbocycles. The van der Waals surface area contributed by atoms with E-state index in [-0.39, 0.29) is 5.54 Å². The molecular formula is C15H27N3. The summed E-state index contributed by atoms with van der Waals surface area (Å²) in [7, 11) is 0. The van der Waals surface area contributed by atoms with Gasteiger partial charge in [0, 0.05) is 30.9 Å². The summed E-state index contributed by atoms with van der Waals surface area (Å²) in [5.41, 5.74) is 6.63. The van der Waals surface area contributed by atoms with Crippen LogP contribution in [0.2, 0.25) is 0 Å². The molecule has 1 aromatic heterocycles. The standard InChI is InChI=1S/C15H27N3/c1-4-8-18-9-7-17-14(18)11-15(16)10-12(2)5-6-13(15)3/h7,9,12-13H,4-6,8,10-11,16H2,1-3H3. The van der Waals surface area contributed by atoms with E-state index in [4.69, 9.17) is 5.73 Å². The number of rotatable bonds is 4. The van der Waals surface area contributed by atoms with E-state index in [1.165, 1.54) is 18.7 Å². The molecule has 1 saturated carbocycles. The van der Waals surface area contributed by atoms with Gasteiger partial charge < -0.3 is 10.3 Å². The van der Waals surface area contributed by atoms with Gasteiger partial charge in [0.15, 0.2) is 0 Å². The van der Waals surface area contributed by atoms with Gasteiger partial charge in [-0.25, -0.2) is 4.98 Å². The second kappa shape index (κ2) is 5.43. The molecule has 0 saturated heterocycles. The third kappa shape index (κ3) is 2.77. The highest BCUT2D eigenvalue weighted by molar-refractivity contribution is 5.05. The highest BCUT2D eigenvalue weighted by Crippen LogP contribution is 2.37. The van der Waals surface area contributed by atoms with Gasteiger partial charge in [0.2, 0.25) is 0 Å². The molecule has 0 aliphatic heterocycles. The maximum absolute atomic E-state index is 6.70. The summed E-state index contributed by atoms with van der Waals surface area (Å²) in [6.45, 7) is 7.88. The van der Waals surface area contributed by atoms with E-state index in [0.717, 1.165) is 31.7 Å². The maximum Gasteiger partial charge on any atom is 0.110 e. The molecule has 0 radical (unpaired) electrons. The minimum Gasteiger partial charge on any atom is -0.335 e.